The Labute approximate surface area is 78.4 Å². The average molecular weight is 194 g/mol. The molecule has 1 aromatic carbocycles. The first-order chi connectivity index (χ1) is 6.68. The number of aryl methyl sites for hydroxylation is 1. The van der Waals surface area contributed by atoms with Crippen molar-refractivity contribution in [3.05, 3.63) is 40.6 Å². The molecule has 0 amide bonds. The number of hydrogen-bond donors (Lipinski definition) is 0. The van der Waals surface area contributed by atoms with E-state index in [2.05, 4.69) is 10.4 Å². The van der Waals surface area contributed by atoms with Gasteiger partial charge in [-0.2, -0.15) is 9.36 Å². The van der Waals surface area contributed by atoms with E-state index in [1.54, 1.807) is 6.07 Å². The highest BCUT2D eigenvalue weighted by atomic mass is 19.1. The zero-order valence-electron chi connectivity index (χ0n) is 7.38. The van der Waals surface area contributed by atoms with E-state index in [9.17, 15) is 9.18 Å². The van der Waals surface area contributed by atoms with E-state index in [1.807, 2.05) is 0 Å². The van der Waals surface area contributed by atoms with Crippen LogP contribution in [0.1, 0.15) is 0 Å². The van der Waals surface area contributed by atoms with E-state index >= 15 is 0 Å². The van der Waals surface area contributed by atoms with Crippen LogP contribution in [0.4, 0.5) is 4.39 Å². The van der Waals surface area contributed by atoms with Crippen LogP contribution in [0.5, 0.6) is 0 Å². The number of nitrogens with zero attached hydrogens (tertiary/aromatic N) is 4. The molecule has 1 heterocycles. The number of benzene rings is 1. The standard InChI is InChI=1S/C8H7FN4O/c1-12-8(14)13(11-10-12)7-4-2-3-6(9)5-7/h2-5H,1H3. The molecule has 5 nitrogen and oxygen atoms in total. The van der Waals surface area contributed by atoms with Gasteiger partial charge in [0, 0.05) is 7.05 Å². The molecule has 2 aromatic rings. The molecule has 0 fully saturated rings. The van der Waals surface area contributed by atoms with Gasteiger partial charge in [-0.05, 0) is 28.6 Å². The smallest absolute Gasteiger partial charge is 0.244 e. The first-order valence-electron chi connectivity index (χ1n) is 3.93. The van der Waals surface area contributed by atoms with E-state index in [0.29, 0.717) is 5.69 Å². The van der Waals surface area contributed by atoms with Crippen LogP contribution in [0.15, 0.2) is 29.1 Å². The fourth-order valence-electron chi connectivity index (χ4n) is 1.08. The van der Waals surface area contributed by atoms with Gasteiger partial charge in [0.1, 0.15) is 5.82 Å². The Morgan fingerprint density at radius 3 is 2.71 bits per heavy atom. The summed E-state index contributed by atoms with van der Waals surface area (Å²) in [7, 11) is 1.48. The lowest BCUT2D eigenvalue weighted by atomic mass is 10.3. The normalized spacial score (nSPS) is 10.4. The summed E-state index contributed by atoms with van der Waals surface area (Å²) in [5.41, 5.74) is -0.0429. The zero-order valence-corrected chi connectivity index (χ0v) is 7.38. The van der Waals surface area contributed by atoms with Gasteiger partial charge < -0.3 is 0 Å². The molecule has 0 aliphatic heterocycles. The monoisotopic (exact) mass is 194 g/mol. The second-order valence-corrected chi connectivity index (χ2v) is 2.78. The number of tetrazole rings is 1. The molecule has 0 bridgehead atoms. The number of rotatable bonds is 1. The van der Waals surface area contributed by atoms with Crippen molar-refractivity contribution in [3.8, 4) is 5.69 Å². The molecule has 6 heteroatoms. The minimum absolute atomic E-state index is 0.364. The van der Waals surface area contributed by atoms with Crippen LogP contribution < -0.4 is 5.69 Å². The third-order valence-corrected chi connectivity index (χ3v) is 1.77. The van der Waals surface area contributed by atoms with Crippen LogP contribution in [0.2, 0.25) is 0 Å². The van der Waals surface area contributed by atoms with Gasteiger partial charge >= 0.3 is 5.69 Å². The summed E-state index contributed by atoms with van der Waals surface area (Å²) in [6.45, 7) is 0. The van der Waals surface area contributed by atoms with Crippen LogP contribution in [-0.2, 0) is 7.05 Å². The molecule has 0 aliphatic rings. The summed E-state index contributed by atoms with van der Waals surface area (Å²) in [5, 5.41) is 7.09. The molecule has 14 heavy (non-hydrogen) atoms. The van der Waals surface area contributed by atoms with Gasteiger partial charge in [-0.3, -0.25) is 0 Å². The first kappa shape index (κ1) is 8.61. The second-order valence-electron chi connectivity index (χ2n) is 2.78. The molecule has 0 radical (unpaired) electrons. The van der Waals surface area contributed by atoms with Gasteiger partial charge in [-0.25, -0.2) is 9.18 Å². The molecule has 0 spiro atoms. The van der Waals surface area contributed by atoms with E-state index in [0.717, 1.165) is 9.36 Å². The number of halogens is 1. The van der Waals surface area contributed by atoms with Crippen molar-refractivity contribution in [1.82, 2.24) is 19.8 Å². The van der Waals surface area contributed by atoms with Crippen LogP contribution in [0, 0.1) is 5.82 Å². The Kier molecular flexibility index (Phi) is 1.88. The number of aromatic nitrogens is 4. The van der Waals surface area contributed by atoms with Crippen molar-refractivity contribution >= 4 is 0 Å². The maximum Gasteiger partial charge on any atom is 0.368 e. The van der Waals surface area contributed by atoms with Crippen LogP contribution in [-0.4, -0.2) is 19.8 Å². The molecule has 0 aliphatic carbocycles. The Morgan fingerprint density at radius 1 is 1.36 bits per heavy atom. The Morgan fingerprint density at radius 2 is 2.14 bits per heavy atom. The van der Waals surface area contributed by atoms with Gasteiger partial charge in [0.05, 0.1) is 5.69 Å². The van der Waals surface area contributed by atoms with Gasteiger partial charge in [-0.15, -0.1) is 0 Å². The van der Waals surface area contributed by atoms with Gasteiger partial charge in [0.15, 0.2) is 0 Å². The van der Waals surface area contributed by atoms with Crippen molar-refractivity contribution in [2.75, 3.05) is 0 Å². The van der Waals surface area contributed by atoms with Crippen molar-refractivity contribution < 1.29 is 4.39 Å². The van der Waals surface area contributed by atoms with Crippen molar-refractivity contribution in [3.63, 3.8) is 0 Å². The molecule has 0 saturated heterocycles. The lowest BCUT2D eigenvalue weighted by molar-refractivity contribution is 0.624. The topological polar surface area (TPSA) is 52.7 Å². The fraction of sp³-hybridized carbons (Fsp3) is 0.125. The predicted octanol–water partition coefficient (Wildman–Crippen LogP) is 0.105. The fourth-order valence-corrected chi connectivity index (χ4v) is 1.08. The highest BCUT2D eigenvalue weighted by molar-refractivity contribution is 5.29. The third-order valence-electron chi connectivity index (χ3n) is 1.77. The average Bonchev–Trinajstić information content (AvgIpc) is 2.48. The van der Waals surface area contributed by atoms with Crippen molar-refractivity contribution in [1.29, 1.82) is 0 Å². The molecule has 2 rings (SSSR count). The minimum Gasteiger partial charge on any atom is -0.244 e. The maximum absolute atomic E-state index is 12.8. The van der Waals surface area contributed by atoms with Gasteiger partial charge in [-0.1, -0.05) is 6.07 Å². The third kappa shape index (κ3) is 1.30. The molecular weight excluding hydrogens is 187 g/mol. The highest BCUT2D eigenvalue weighted by Gasteiger charge is 2.05. The minimum atomic E-state index is -0.417. The summed E-state index contributed by atoms with van der Waals surface area (Å²) in [4.78, 5) is 11.4. The van der Waals surface area contributed by atoms with E-state index in [1.165, 1.54) is 25.2 Å². The Balaban J connectivity index is 2.60. The predicted molar refractivity (Wildman–Crippen MR) is 46.6 cm³/mol. The molecule has 0 N–H and O–H groups in total. The summed E-state index contributed by atoms with van der Waals surface area (Å²) < 4.78 is 14.9. The van der Waals surface area contributed by atoms with E-state index < -0.39 is 11.5 Å². The van der Waals surface area contributed by atoms with Crippen molar-refractivity contribution in [2.45, 2.75) is 0 Å². The van der Waals surface area contributed by atoms with Gasteiger partial charge in [0.2, 0.25) is 0 Å². The molecular formula is C8H7FN4O. The summed E-state index contributed by atoms with van der Waals surface area (Å²) in [6, 6.07) is 5.60. The van der Waals surface area contributed by atoms with E-state index in [4.69, 9.17) is 0 Å². The SMILES string of the molecule is Cn1nnn(-c2cccc(F)c2)c1=O. The summed E-state index contributed by atoms with van der Waals surface area (Å²) in [5.74, 6) is -0.417. The molecule has 1 aromatic heterocycles. The van der Waals surface area contributed by atoms with Crippen LogP contribution in [0.3, 0.4) is 0 Å². The zero-order chi connectivity index (χ0) is 10.1. The van der Waals surface area contributed by atoms with Crippen LogP contribution >= 0.6 is 0 Å². The molecule has 0 saturated carbocycles. The Hall–Kier alpha value is -1.98. The Bertz CT molecular complexity index is 516. The molecule has 0 atom stereocenters. The quantitative estimate of drug-likeness (QED) is 0.647. The molecule has 72 valence electrons. The lowest BCUT2D eigenvalue weighted by Crippen LogP contribution is -2.21. The largest absolute Gasteiger partial charge is 0.368 e. The molecule has 0 unspecified atom stereocenters. The maximum atomic E-state index is 12.8. The lowest BCUT2D eigenvalue weighted by Gasteiger charge is -1.96. The number of hydrogen-bond acceptors (Lipinski definition) is 3. The summed E-state index contributed by atoms with van der Waals surface area (Å²) in [6.07, 6.45) is 0. The highest BCUT2D eigenvalue weighted by Crippen LogP contribution is 2.04. The van der Waals surface area contributed by atoms with Gasteiger partial charge in [0.25, 0.3) is 0 Å². The first-order valence-corrected chi connectivity index (χ1v) is 3.93. The second kappa shape index (κ2) is 3.06. The summed E-state index contributed by atoms with van der Waals surface area (Å²) >= 11 is 0. The van der Waals surface area contributed by atoms with Crippen LogP contribution in [0.25, 0.3) is 5.69 Å². The van der Waals surface area contributed by atoms with E-state index in [-0.39, 0.29) is 0 Å². The van der Waals surface area contributed by atoms with Crippen molar-refractivity contribution in [2.24, 2.45) is 7.05 Å².